The van der Waals surface area contributed by atoms with Gasteiger partial charge in [-0.25, -0.2) is 12.8 Å². The van der Waals surface area contributed by atoms with Crippen molar-refractivity contribution in [2.75, 3.05) is 17.2 Å². The van der Waals surface area contributed by atoms with Gasteiger partial charge >= 0.3 is 0 Å². The Balaban J connectivity index is 2.17. The van der Waals surface area contributed by atoms with Crippen LogP contribution in [0.3, 0.4) is 0 Å². The number of nitrogens with two attached hydrogens (primary N) is 2. The van der Waals surface area contributed by atoms with Crippen LogP contribution in [0.2, 0.25) is 0 Å². The van der Waals surface area contributed by atoms with Crippen molar-refractivity contribution in [2.45, 2.75) is 12.1 Å². The fourth-order valence-corrected chi connectivity index (χ4v) is 3.49. The highest BCUT2D eigenvalue weighted by Gasteiger charge is 2.37. The Labute approximate surface area is 98.5 Å². The third-order valence-electron chi connectivity index (χ3n) is 2.58. The van der Waals surface area contributed by atoms with Crippen molar-refractivity contribution in [3.63, 3.8) is 0 Å². The molecular weight excluding hydrogens is 247 g/mol. The van der Waals surface area contributed by atoms with E-state index < -0.39 is 27.8 Å². The summed E-state index contributed by atoms with van der Waals surface area (Å²) >= 11 is 0. The largest absolute Gasteiger partial charge is 0.485 e. The molecule has 5 nitrogen and oxygen atoms in total. The SMILES string of the molecule is Nc1ccc(OC2CS(=O)(=O)CC2N)c(F)c1. The molecule has 1 aromatic rings. The summed E-state index contributed by atoms with van der Waals surface area (Å²) in [5.41, 5.74) is 11.3. The molecule has 0 spiro atoms. The van der Waals surface area contributed by atoms with E-state index in [1.54, 1.807) is 0 Å². The number of ether oxygens (including phenoxy) is 1. The van der Waals surface area contributed by atoms with Gasteiger partial charge < -0.3 is 16.2 Å². The smallest absolute Gasteiger partial charge is 0.167 e. The number of hydrogen-bond acceptors (Lipinski definition) is 5. The Morgan fingerprint density at radius 3 is 2.59 bits per heavy atom. The van der Waals surface area contributed by atoms with E-state index in [0.29, 0.717) is 0 Å². The maximum atomic E-state index is 13.4. The second-order valence-electron chi connectivity index (χ2n) is 4.09. The number of nitrogen functional groups attached to an aromatic ring is 1. The fourth-order valence-electron chi connectivity index (χ4n) is 1.74. The summed E-state index contributed by atoms with van der Waals surface area (Å²) in [6.45, 7) is 0. The zero-order valence-electron chi connectivity index (χ0n) is 8.97. The van der Waals surface area contributed by atoms with Crippen LogP contribution in [0.15, 0.2) is 18.2 Å². The van der Waals surface area contributed by atoms with Gasteiger partial charge in [-0.3, -0.25) is 0 Å². The quantitative estimate of drug-likeness (QED) is 0.725. The molecule has 94 valence electrons. The van der Waals surface area contributed by atoms with Crippen molar-refractivity contribution in [1.82, 2.24) is 0 Å². The lowest BCUT2D eigenvalue weighted by atomic mass is 10.2. The minimum absolute atomic E-state index is 0.0308. The van der Waals surface area contributed by atoms with E-state index in [9.17, 15) is 12.8 Å². The number of benzene rings is 1. The Bertz CT molecular complexity index is 532. The van der Waals surface area contributed by atoms with Crippen molar-refractivity contribution in [1.29, 1.82) is 0 Å². The maximum absolute atomic E-state index is 13.4. The van der Waals surface area contributed by atoms with Gasteiger partial charge in [0.1, 0.15) is 6.10 Å². The van der Waals surface area contributed by atoms with Gasteiger partial charge in [0.15, 0.2) is 21.4 Å². The summed E-state index contributed by atoms with van der Waals surface area (Å²) in [5.74, 6) is -0.968. The van der Waals surface area contributed by atoms with Crippen LogP contribution >= 0.6 is 0 Å². The van der Waals surface area contributed by atoms with Crippen LogP contribution in [-0.2, 0) is 9.84 Å². The molecule has 2 atom stereocenters. The first-order chi connectivity index (χ1) is 7.87. The average Bonchev–Trinajstić information content (AvgIpc) is 2.44. The summed E-state index contributed by atoms with van der Waals surface area (Å²) in [6.07, 6.45) is -0.710. The van der Waals surface area contributed by atoms with Crippen molar-refractivity contribution < 1.29 is 17.5 Å². The van der Waals surface area contributed by atoms with Crippen LogP contribution in [0.4, 0.5) is 10.1 Å². The van der Waals surface area contributed by atoms with Gasteiger partial charge in [-0.05, 0) is 12.1 Å². The topological polar surface area (TPSA) is 95.4 Å². The number of halogens is 1. The van der Waals surface area contributed by atoms with Crippen LogP contribution in [0.25, 0.3) is 0 Å². The van der Waals surface area contributed by atoms with Crippen LogP contribution in [0, 0.1) is 5.82 Å². The molecule has 0 amide bonds. The Morgan fingerprint density at radius 1 is 1.35 bits per heavy atom. The molecule has 0 saturated carbocycles. The highest BCUT2D eigenvalue weighted by Crippen LogP contribution is 2.23. The lowest BCUT2D eigenvalue weighted by molar-refractivity contribution is 0.200. The Hall–Kier alpha value is -1.34. The second kappa shape index (κ2) is 4.15. The molecule has 0 aromatic heterocycles. The molecule has 1 aliphatic rings. The van der Waals surface area contributed by atoms with Crippen LogP contribution < -0.4 is 16.2 Å². The predicted octanol–water partition coefficient (Wildman–Crippen LogP) is -0.0890. The molecule has 1 aliphatic heterocycles. The summed E-state index contributed by atoms with van der Waals surface area (Å²) in [4.78, 5) is 0. The van der Waals surface area contributed by atoms with Crippen molar-refractivity contribution in [2.24, 2.45) is 5.73 Å². The molecule has 2 rings (SSSR count). The number of sulfone groups is 1. The second-order valence-corrected chi connectivity index (χ2v) is 6.24. The average molecular weight is 260 g/mol. The lowest BCUT2D eigenvalue weighted by Gasteiger charge is -2.16. The number of hydrogen-bond donors (Lipinski definition) is 2. The van der Waals surface area contributed by atoms with Gasteiger partial charge in [-0.1, -0.05) is 0 Å². The summed E-state index contributed by atoms with van der Waals surface area (Å²) in [6, 6.07) is 3.33. The van der Waals surface area contributed by atoms with Crippen molar-refractivity contribution in [3.05, 3.63) is 24.0 Å². The molecule has 2 unspecified atom stereocenters. The molecule has 0 radical (unpaired) electrons. The first kappa shape index (κ1) is 12.1. The molecule has 0 bridgehead atoms. The number of rotatable bonds is 2. The maximum Gasteiger partial charge on any atom is 0.167 e. The molecule has 1 fully saturated rings. The van der Waals surface area contributed by atoms with E-state index in [0.717, 1.165) is 6.07 Å². The first-order valence-corrected chi connectivity index (χ1v) is 6.87. The van der Waals surface area contributed by atoms with Crippen LogP contribution in [0.1, 0.15) is 0 Å². The van der Waals surface area contributed by atoms with Gasteiger partial charge in [0.2, 0.25) is 0 Å². The normalized spacial score (nSPS) is 26.9. The van der Waals surface area contributed by atoms with Crippen LogP contribution in [-0.4, -0.2) is 32.1 Å². The highest BCUT2D eigenvalue weighted by molar-refractivity contribution is 7.91. The summed E-state index contributed by atoms with van der Waals surface area (Å²) < 4.78 is 41.3. The Morgan fingerprint density at radius 2 is 2.06 bits per heavy atom. The minimum atomic E-state index is -3.18. The highest BCUT2D eigenvalue weighted by atomic mass is 32.2. The van der Waals surface area contributed by atoms with Gasteiger partial charge in [0.05, 0.1) is 17.5 Å². The molecule has 1 saturated heterocycles. The van der Waals surface area contributed by atoms with Crippen LogP contribution in [0.5, 0.6) is 5.75 Å². The molecule has 1 aromatic carbocycles. The van der Waals surface area contributed by atoms with Gasteiger partial charge in [-0.2, -0.15) is 0 Å². The number of anilines is 1. The predicted molar refractivity (Wildman–Crippen MR) is 61.9 cm³/mol. The molecule has 17 heavy (non-hydrogen) atoms. The summed E-state index contributed by atoms with van der Waals surface area (Å²) in [5, 5.41) is 0. The molecule has 1 heterocycles. The molecule has 4 N–H and O–H groups in total. The van der Waals surface area contributed by atoms with E-state index in [2.05, 4.69) is 0 Å². The third kappa shape index (κ3) is 2.67. The van der Waals surface area contributed by atoms with Crippen molar-refractivity contribution >= 4 is 15.5 Å². The van der Waals surface area contributed by atoms with Gasteiger partial charge in [0, 0.05) is 11.8 Å². The van der Waals surface area contributed by atoms with Crippen molar-refractivity contribution in [3.8, 4) is 5.75 Å². The summed E-state index contributed by atoms with van der Waals surface area (Å²) in [7, 11) is -3.18. The van der Waals surface area contributed by atoms with Gasteiger partial charge in [-0.15, -0.1) is 0 Å². The van der Waals surface area contributed by atoms with E-state index in [1.807, 2.05) is 0 Å². The van der Waals surface area contributed by atoms with E-state index in [1.165, 1.54) is 12.1 Å². The monoisotopic (exact) mass is 260 g/mol. The molecular formula is C10H13FN2O3S. The zero-order valence-corrected chi connectivity index (χ0v) is 9.78. The van der Waals surface area contributed by atoms with E-state index >= 15 is 0 Å². The third-order valence-corrected chi connectivity index (χ3v) is 4.31. The van der Waals surface area contributed by atoms with E-state index in [4.69, 9.17) is 16.2 Å². The van der Waals surface area contributed by atoms with Gasteiger partial charge in [0.25, 0.3) is 0 Å². The lowest BCUT2D eigenvalue weighted by Crippen LogP contribution is -2.37. The molecule has 7 heteroatoms. The molecule has 0 aliphatic carbocycles. The fraction of sp³-hybridized carbons (Fsp3) is 0.400. The first-order valence-electron chi connectivity index (χ1n) is 5.05. The standard InChI is InChI=1S/C10H13FN2O3S/c11-7-3-6(12)1-2-9(7)16-10-5-17(14,15)4-8(10)13/h1-3,8,10H,4-5,12-13H2. The zero-order chi connectivity index (χ0) is 12.6. The Kier molecular flexibility index (Phi) is 2.96. The minimum Gasteiger partial charge on any atom is -0.485 e. The van der Waals surface area contributed by atoms with E-state index in [-0.39, 0.29) is 22.9 Å².